The molecule has 0 spiro atoms. The maximum atomic E-state index is 11.6. The molecule has 88 valence electrons. The van der Waals surface area contributed by atoms with Crippen molar-refractivity contribution in [3.8, 4) is 0 Å². The third kappa shape index (κ3) is 4.34. The Morgan fingerprint density at radius 2 is 1.94 bits per heavy atom. The van der Waals surface area contributed by atoms with Crippen molar-refractivity contribution >= 4 is 6.09 Å². The van der Waals surface area contributed by atoms with Gasteiger partial charge in [-0.15, -0.1) is 0 Å². The van der Waals surface area contributed by atoms with E-state index in [0.29, 0.717) is 19.1 Å². The number of hydrogen-bond donors (Lipinski definition) is 0. The number of carbonyl (C=O) groups is 1. The average molecular weight is 221 g/mol. The molecule has 0 aromatic heterocycles. The van der Waals surface area contributed by atoms with E-state index in [1.807, 2.05) is 44.2 Å². The zero-order valence-corrected chi connectivity index (χ0v) is 10.1. The highest BCUT2D eigenvalue weighted by Crippen LogP contribution is 2.04. The highest BCUT2D eigenvalue weighted by molar-refractivity contribution is 5.67. The number of amides is 1. The smallest absolute Gasteiger partial charge is 0.409 e. The molecule has 3 nitrogen and oxygen atoms in total. The highest BCUT2D eigenvalue weighted by atomic mass is 16.6. The van der Waals surface area contributed by atoms with Crippen LogP contribution in [-0.2, 0) is 11.3 Å². The number of nitrogens with zero attached hydrogens (tertiary/aromatic N) is 1. The van der Waals surface area contributed by atoms with E-state index in [0.717, 1.165) is 5.56 Å². The van der Waals surface area contributed by atoms with Gasteiger partial charge < -0.3 is 9.64 Å². The molecule has 0 aliphatic carbocycles. The van der Waals surface area contributed by atoms with Crippen molar-refractivity contribution < 1.29 is 9.53 Å². The fourth-order valence-corrected chi connectivity index (χ4v) is 1.27. The molecule has 1 aromatic rings. The summed E-state index contributed by atoms with van der Waals surface area (Å²) >= 11 is 0. The second-order valence-electron chi connectivity index (χ2n) is 4.31. The largest absolute Gasteiger partial charge is 0.449 e. The Hall–Kier alpha value is -1.51. The lowest BCUT2D eigenvalue weighted by molar-refractivity contribution is 0.0980. The molecule has 1 aromatic carbocycles. The standard InChI is InChI=1S/C13H19NO2/c1-11(2)10-16-13(15)14(3)9-12-7-5-4-6-8-12/h4-8,11H,9-10H2,1-3H3. The molecule has 0 N–H and O–H groups in total. The minimum absolute atomic E-state index is 0.266. The molecule has 0 saturated carbocycles. The first-order valence-electron chi connectivity index (χ1n) is 5.51. The predicted molar refractivity (Wildman–Crippen MR) is 64.1 cm³/mol. The third-order valence-corrected chi connectivity index (χ3v) is 2.11. The van der Waals surface area contributed by atoms with Gasteiger partial charge in [0.1, 0.15) is 0 Å². The van der Waals surface area contributed by atoms with Crippen LogP contribution >= 0.6 is 0 Å². The van der Waals surface area contributed by atoms with Gasteiger partial charge in [0.05, 0.1) is 6.61 Å². The van der Waals surface area contributed by atoms with E-state index in [2.05, 4.69) is 0 Å². The van der Waals surface area contributed by atoms with Gasteiger partial charge >= 0.3 is 6.09 Å². The Kier molecular flexibility index (Phi) is 4.83. The molecule has 0 bridgehead atoms. The summed E-state index contributed by atoms with van der Waals surface area (Å²) < 4.78 is 5.12. The summed E-state index contributed by atoms with van der Waals surface area (Å²) in [6.45, 7) is 5.09. The summed E-state index contributed by atoms with van der Waals surface area (Å²) in [6, 6.07) is 9.87. The minimum Gasteiger partial charge on any atom is -0.449 e. The SMILES string of the molecule is CC(C)COC(=O)N(C)Cc1ccccc1. The van der Waals surface area contributed by atoms with Gasteiger partial charge in [0.15, 0.2) is 0 Å². The van der Waals surface area contributed by atoms with E-state index < -0.39 is 0 Å². The first-order valence-corrected chi connectivity index (χ1v) is 5.51. The van der Waals surface area contributed by atoms with Crippen molar-refractivity contribution in [3.05, 3.63) is 35.9 Å². The molecule has 1 rings (SSSR count). The number of rotatable bonds is 4. The van der Waals surface area contributed by atoms with Crippen LogP contribution in [0, 0.1) is 5.92 Å². The van der Waals surface area contributed by atoms with Gasteiger partial charge in [0.25, 0.3) is 0 Å². The second kappa shape index (κ2) is 6.16. The Labute approximate surface area is 97.0 Å². The van der Waals surface area contributed by atoms with Gasteiger partial charge in [0.2, 0.25) is 0 Å². The maximum absolute atomic E-state index is 11.6. The number of hydrogen-bond acceptors (Lipinski definition) is 2. The van der Waals surface area contributed by atoms with Crippen molar-refractivity contribution in [1.82, 2.24) is 4.90 Å². The van der Waals surface area contributed by atoms with E-state index in [1.54, 1.807) is 11.9 Å². The van der Waals surface area contributed by atoms with Crippen LogP contribution in [0.3, 0.4) is 0 Å². The molecule has 0 saturated heterocycles. The van der Waals surface area contributed by atoms with Gasteiger partial charge in [-0.3, -0.25) is 0 Å². The topological polar surface area (TPSA) is 29.5 Å². The van der Waals surface area contributed by atoms with Crippen LogP contribution in [0.15, 0.2) is 30.3 Å². The van der Waals surface area contributed by atoms with E-state index in [1.165, 1.54) is 0 Å². The van der Waals surface area contributed by atoms with Crippen LogP contribution in [0.2, 0.25) is 0 Å². The highest BCUT2D eigenvalue weighted by Gasteiger charge is 2.10. The summed E-state index contributed by atoms with van der Waals surface area (Å²) in [7, 11) is 1.75. The van der Waals surface area contributed by atoms with Gasteiger partial charge in [-0.1, -0.05) is 44.2 Å². The van der Waals surface area contributed by atoms with E-state index in [-0.39, 0.29) is 6.09 Å². The van der Waals surface area contributed by atoms with Gasteiger partial charge in [0, 0.05) is 13.6 Å². The van der Waals surface area contributed by atoms with Crippen LogP contribution in [0.25, 0.3) is 0 Å². The Balaban J connectivity index is 2.40. The third-order valence-electron chi connectivity index (χ3n) is 2.11. The van der Waals surface area contributed by atoms with Crippen LogP contribution < -0.4 is 0 Å². The second-order valence-corrected chi connectivity index (χ2v) is 4.31. The minimum atomic E-state index is -0.266. The van der Waals surface area contributed by atoms with Gasteiger partial charge in [-0.2, -0.15) is 0 Å². The zero-order valence-electron chi connectivity index (χ0n) is 10.1. The fraction of sp³-hybridized carbons (Fsp3) is 0.462. The predicted octanol–water partition coefficient (Wildman–Crippen LogP) is 2.91. The monoisotopic (exact) mass is 221 g/mol. The molecule has 0 radical (unpaired) electrons. The summed E-state index contributed by atoms with van der Waals surface area (Å²) in [5.74, 6) is 0.370. The quantitative estimate of drug-likeness (QED) is 0.782. The number of ether oxygens (including phenoxy) is 1. The summed E-state index contributed by atoms with van der Waals surface area (Å²) in [5, 5.41) is 0. The molecule has 0 unspecified atom stereocenters. The lowest BCUT2D eigenvalue weighted by Gasteiger charge is -2.17. The number of benzene rings is 1. The average Bonchev–Trinajstić information content (AvgIpc) is 2.27. The summed E-state index contributed by atoms with van der Waals surface area (Å²) in [6.07, 6.45) is -0.266. The van der Waals surface area contributed by atoms with E-state index in [9.17, 15) is 4.79 Å². The van der Waals surface area contributed by atoms with Crippen LogP contribution in [-0.4, -0.2) is 24.6 Å². The molecule has 3 heteroatoms. The Morgan fingerprint density at radius 3 is 2.50 bits per heavy atom. The summed E-state index contributed by atoms with van der Waals surface area (Å²) in [4.78, 5) is 13.1. The number of carbonyl (C=O) groups excluding carboxylic acids is 1. The molecule has 0 aliphatic heterocycles. The Morgan fingerprint density at radius 1 is 1.31 bits per heavy atom. The molecule has 0 fully saturated rings. The van der Waals surface area contributed by atoms with Crippen LogP contribution in [0.5, 0.6) is 0 Å². The lowest BCUT2D eigenvalue weighted by Crippen LogP contribution is -2.28. The molecule has 16 heavy (non-hydrogen) atoms. The maximum Gasteiger partial charge on any atom is 0.409 e. The van der Waals surface area contributed by atoms with Crippen LogP contribution in [0.1, 0.15) is 19.4 Å². The normalized spacial score (nSPS) is 10.2. The van der Waals surface area contributed by atoms with E-state index in [4.69, 9.17) is 4.74 Å². The van der Waals surface area contributed by atoms with Gasteiger partial charge in [-0.05, 0) is 11.5 Å². The van der Waals surface area contributed by atoms with Crippen molar-refractivity contribution in [2.45, 2.75) is 20.4 Å². The van der Waals surface area contributed by atoms with Crippen molar-refractivity contribution in [3.63, 3.8) is 0 Å². The molecule has 0 atom stereocenters. The fourth-order valence-electron chi connectivity index (χ4n) is 1.27. The van der Waals surface area contributed by atoms with Crippen LogP contribution in [0.4, 0.5) is 4.79 Å². The molecule has 1 amide bonds. The van der Waals surface area contributed by atoms with Gasteiger partial charge in [-0.25, -0.2) is 4.79 Å². The molecular weight excluding hydrogens is 202 g/mol. The summed E-state index contributed by atoms with van der Waals surface area (Å²) in [5.41, 5.74) is 1.10. The van der Waals surface area contributed by atoms with E-state index >= 15 is 0 Å². The molecular formula is C13H19NO2. The lowest BCUT2D eigenvalue weighted by atomic mass is 10.2. The Bertz CT molecular complexity index is 322. The van der Waals surface area contributed by atoms with Crippen molar-refractivity contribution in [2.24, 2.45) is 5.92 Å². The first kappa shape index (κ1) is 12.6. The zero-order chi connectivity index (χ0) is 12.0. The molecule has 0 heterocycles. The first-order chi connectivity index (χ1) is 7.59. The van der Waals surface area contributed by atoms with Crippen molar-refractivity contribution in [1.29, 1.82) is 0 Å². The van der Waals surface area contributed by atoms with Crippen molar-refractivity contribution in [2.75, 3.05) is 13.7 Å². The molecule has 0 aliphatic rings.